The molecule has 1 aromatic carbocycles. The van der Waals surface area contributed by atoms with Crippen LogP contribution in [0, 0.1) is 0 Å². The van der Waals surface area contributed by atoms with Crippen molar-refractivity contribution in [2.45, 2.75) is 6.54 Å². The molecular formula is C21H22N6O. The van der Waals surface area contributed by atoms with Crippen LogP contribution in [0.1, 0.15) is 5.56 Å². The summed E-state index contributed by atoms with van der Waals surface area (Å²) in [6.45, 7) is 0.698. The van der Waals surface area contributed by atoms with Crippen LogP contribution in [0.4, 0.5) is 11.6 Å². The Balaban J connectivity index is 1.64. The summed E-state index contributed by atoms with van der Waals surface area (Å²) in [5.41, 5.74) is 3.90. The zero-order valence-electron chi connectivity index (χ0n) is 16.1. The Labute approximate surface area is 163 Å². The van der Waals surface area contributed by atoms with Gasteiger partial charge in [0, 0.05) is 44.8 Å². The summed E-state index contributed by atoms with van der Waals surface area (Å²) < 4.78 is 7.25. The van der Waals surface area contributed by atoms with E-state index < -0.39 is 0 Å². The molecule has 28 heavy (non-hydrogen) atoms. The molecule has 0 radical (unpaired) electrons. The smallest absolute Gasteiger partial charge is 0.172 e. The van der Waals surface area contributed by atoms with Crippen LogP contribution < -0.4 is 15.0 Å². The van der Waals surface area contributed by atoms with E-state index in [4.69, 9.17) is 9.72 Å². The van der Waals surface area contributed by atoms with Crippen LogP contribution in [0.2, 0.25) is 0 Å². The first kappa shape index (κ1) is 17.8. The topological polar surface area (TPSA) is 67.6 Å². The van der Waals surface area contributed by atoms with E-state index in [0.717, 1.165) is 39.9 Å². The normalized spacial score (nSPS) is 10.8. The maximum Gasteiger partial charge on any atom is 0.172 e. The van der Waals surface area contributed by atoms with Crippen LogP contribution in [0.25, 0.3) is 16.9 Å². The Bertz CT molecular complexity index is 1090. The first-order valence-corrected chi connectivity index (χ1v) is 9.00. The van der Waals surface area contributed by atoms with E-state index in [9.17, 15) is 0 Å². The molecule has 3 aromatic heterocycles. The largest absolute Gasteiger partial charge is 0.497 e. The molecule has 7 heteroatoms. The number of hydrogen-bond donors (Lipinski definition) is 1. The second-order valence-electron chi connectivity index (χ2n) is 6.49. The van der Waals surface area contributed by atoms with E-state index in [-0.39, 0.29) is 0 Å². The van der Waals surface area contributed by atoms with E-state index in [1.807, 2.05) is 55.0 Å². The molecule has 1 N–H and O–H groups in total. The lowest BCUT2D eigenvalue weighted by molar-refractivity contribution is 0.415. The summed E-state index contributed by atoms with van der Waals surface area (Å²) in [6, 6.07) is 11.9. The number of anilines is 2. The quantitative estimate of drug-likeness (QED) is 0.557. The highest BCUT2D eigenvalue weighted by atomic mass is 16.5. The highest BCUT2D eigenvalue weighted by Gasteiger charge is 2.13. The SMILES string of the molecule is CNc1ncc(-c2ccc(OC)cc2)nc1N(C)Cc1ccc2nccn2c1. The van der Waals surface area contributed by atoms with Crippen molar-refractivity contribution in [1.82, 2.24) is 19.4 Å². The number of fused-ring (bicyclic) bond motifs is 1. The van der Waals surface area contributed by atoms with E-state index in [1.165, 1.54) is 0 Å². The number of benzene rings is 1. The number of aromatic nitrogens is 4. The molecule has 0 aliphatic heterocycles. The molecular weight excluding hydrogens is 352 g/mol. The molecule has 0 fully saturated rings. The average Bonchev–Trinajstić information content (AvgIpc) is 3.21. The molecule has 142 valence electrons. The van der Waals surface area contributed by atoms with Crippen molar-refractivity contribution in [3.63, 3.8) is 0 Å². The zero-order valence-corrected chi connectivity index (χ0v) is 16.1. The molecule has 0 saturated heterocycles. The molecule has 7 nitrogen and oxygen atoms in total. The summed E-state index contributed by atoms with van der Waals surface area (Å²) >= 11 is 0. The second-order valence-corrected chi connectivity index (χ2v) is 6.49. The van der Waals surface area contributed by atoms with Crippen LogP contribution in [-0.2, 0) is 6.54 Å². The van der Waals surface area contributed by atoms with E-state index in [0.29, 0.717) is 6.54 Å². The fraction of sp³-hybridized carbons (Fsp3) is 0.190. The van der Waals surface area contributed by atoms with Crippen molar-refractivity contribution in [1.29, 1.82) is 0 Å². The summed E-state index contributed by atoms with van der Waals surface area (Å²) in [7, 11) is 5.53. The lowest BCUT2D eigenvalue weighted by Gasteiger charge is -2.21. The minimum atomic E-state index is 0.698. The molecule has 4 aromatic rings. The van der Waals surface area contributed by atoms with Gasteiger partial charge in [0.2, 0.25) is 0 Å². The minimum Gasteiger partial charge on any atom is -0.497 e. The highest BCUT2D eigenvalue weighted by Crippen LogP contribution is 2.27. The van der Waals surface area contributed by atoms with Gasteiger partial charge in [0.25, 0.3) is 0 Å². The number of methoxy groups -OCH3 is 1. The predicted molar refractivity (Wildman–Crippen MR) is 111 cm³/mol. The lowest BCUT2D eigenvalue weighted by atomic mass is 10.1. The van der Waals surface area contributed by atoms with Gasteiger partial charge in [-0.2, -0.15) is 0 Å². The third-order valence-electron chi connectivity index (χ3n) is 4.61. The van der Waals surface area contributed by atoms with Gasteiger partial charge in [-0.1, -0.05) is 6.07 Å². The summed E-state index contributed by atoms with van der Waals surface area (Å²) in [6.07, 6.45) is 7.61. The maximum absolute atomic E-state index is 5.23. The van der Waals surface area contributed by atoms with Gasteiger partial charge in [-0.3, -0.25) is 0 Å². The molecule has 3 heterocycles. The van der Waals surface area contributed by atoms with Crippen LogP contribution >= 0.6 is 0 Å². The van der Waals surface area contributed by atoms with E-state index in [2.05, 4.69) is 32.4 Å². The van der Waals surface area contributed by atoms with Gasteiger partial charge in [-0.25, -0.2) is 15.0 Å². The van der Waals surface area contributed by atoms with Crippen molar-refractivity contribution in [3.8, 4) is 17.0 Å². The molecule has 0 saturated carbocycles. The zero-order chi connectivity index (χ0) is 19.5. The Morgan fingerprint density at radius 1 is 1.11 bits per heavy atom. The maximum atomic E-state index is 5.23. The second kappa shape index (κ2) is 7.56. The Hall–Kier alpha value is -3.61. The van der Waals surface area contributed by atoms with Gasteiger partial charge in [0.05, 0.1) is 19.0 Å². The van der Waals surface area contributed by atoms with Gasteiger partial charge in [0.15, 0.2) is 11.6 Å². The van der Waals surface area contributed by atoms with Gasteiger partial charge in [-0.05, 0) is 35.9 Å². The standard InChI is InChI=1S/C21H22N6O/c1-22-20-21(25-18(12-24-20)16-5-7-17(28-3)8-6-16)26(2)13-15-4-9-19-23-10-11-27(19)14-15/h4-12,14H,13H2,1-3H3,(H,22,24). The Morgan fingerprint density at radius 2 is 1.93 bits per heavy atom. The number of nitrogens with zero attached hydrogens (tertiary/aromatic N) is 5. The monoisotopic (exact) mass is 374 g/mol. The molecule has 0 unspecified atom stereocenters. The molecule has 4 rings (SSSR count). The summed E-state index contributed by atoms with van der Waals surface area (Å²) in [5, 5.41) is 3.13. The van der Waals surface area contributed by atoms with Crippen LogP contribution in [0.15, 0.2) is 61.2 Å². The number of pyridine rings is 1. The van der Waals surface area contributed by atoms with Gasteiger partial charge in [-0.15, -0.1) is 0 Å². The molecule has 0 atom stereocenters. The van der Waals surface area contributed by atoms with E-state index >= 15 is 0 Å². The van der Waals surface area contributed by atoms with Crippen LogP contribution in [-0.4, -0.2) is 40.6 Å². The van der Waals surface area contributed by atoms with E-state index in [1.54, 1.807) is 19.5 Å². The lowest BCUT2D eigenvalue weighted by Crippen LogP contribution is -2.20. The number of ether oxygens (including phenoxy) is 1. The average molecular weight is 374 g/mol. The molecule has 0 aliphatic rings. The van der Waals surface area contributed by atoms with Crippen molar-refractivity contribution >= 4 is 17.3 Å². The summed E-state index contributed by atoms with van der Waals surface area (Å²) in [5.74, 6) is 2.35. The third-order valence-corrected chi connectivity index (χ3v) is 4.61. The Morgan fingerprint density at radius 3 is 2.68 bits per heavy atom. The minimum absolute atomic E-state index is 0.698. The number of nitrogens with one attached hydrogen (secondary N) is 1. The number of rotatable bonds is 6. The number of hydrogen-bond acceptors (Lipinski definition) is 6. The predicted octanol–water partition coefficient (Wildman–Crippen LogP) is 3.48. The molecule has 0 aliphatic carbocycles. The Kier molecular flexibility index (Phi) is 4.80. The van der Waals surface area contributed by atoms with Crippen molar-refractivity contribution < 1.29 is 4.74 Å². The molecule has 0 amide bonds. The first-order valence-electron chi connectivity index (χ1n) is 9.00. The van der Waals surface area contributed by atoms with Gasteiger partial charge in [0.1, 0.15) is 11.4 Å². The van der Waals surface area contributed by atoms with Crippen LogP contribution in [0.5, 0.6) is 5.75 Å². The molecule has 0 spiro atoms. The highest BCUT2D eigenvalue weighted by molar-refractivity contribution is 5.67. The summed E-state index contributed by atoms with van der Waals surface area (Å²) in [4.78, 5) is 15.8. The third kappa shape index (κ3) is 3.46. The fourth-order valence-electron chi connectivity index (χ4n) is 3.13. The van der Waals surface area contributed by atoms with Gasteiger partial charge < -0.3 is 19.4 Å². The van der Waals surface area contributed by atoms with Crippen molar-refractivity contribution in [2.75, 3.05) is 31.4 Å². The fourth-order valence-corrected chi connectivity index (χ4v) is 3.13. The first-order chi connectivity index (χ1) is 13.7. The number of imidazole rings is 1. The van der Waals surface area contributed by atoms with Crippen LogP contribution in [0.3, 0.4) is 0 Å². The van der Waals surface area contributed by atoms with Crippen molar-refractivity contribution in [3.05, 3.63) is 66.7 Å². The van der Waals surface area contributed by atoms with Crippen molar-refractivity contribution in [2.24, 2.45) is 0 Å². The van der Waals surface area contributed by atoms with Gasteiger partial charge >= 0.3 is 0 Å². The molecule has 0 bridgehead atoms.